The molecule has 4 aromatic rings. The molecule has 3 aromatic carbocycles. The van der Waals surface area contributed by atoms with Gasteiger partial charge in [0.15, 0.2) is 22.5 Å². The Kier molecular flexibility index (Phi) is 8.02. The van der Waals surface area contributed by atoms with Gasteiger partial charge in [-0.2, -0.15) is 5.10 Å². The zero-order chi connectivity index (χ0) is 24.6. The molecule has 0 unspecified atom stereocenters. The molecule has 4 rings (SSSR count). The molecule has 35 heavy (non-hydrogen) atoms. The number of ether oxygens (including phenoxy) is 1. The number of benzene rings is 3. The molecule has 0 aliphatic rings. The van der Waals surface area contributed by atoms with Crippen molar-refractivity contribution in [3.05, 3.63) is 83.4 Å². The summed E-state index contributed by atoms with van der Waals surface area (Å²) in [6, 6.07) is 21.9. The number of hydrazone groups is 1. The van der Waals surface area contributed by atoms with Gasteiger partial charge in [0.1, 0.15) is 0 Å². The molecule has 0 aliphatic carbocycles. The maximum atomic E-state index is 12.4. The number of amides is 1. The summed E-state index contributed by atoms with van der Waals surface area (Å²) in [5.74, 6) is 0.833. The van der Waals surface area contributed by atoms with E-state index in [1.807, 2.05) is 54.0 Å². The van der Waals surface area contributed by atoms with Crippen molar-refractivity contribution in [1.29, 1.82) is 0 Å². The average Bonchev–Trinajstić information content (AvgIpc) is 3.30. The number of hydrogen-bond donors (Lipinski definition) is 2. The van der Waals surface area contributed by atoms with Gasteiger partial charge < -0.3 is 9.84 Å². The van der Waals surface area contributed by atoms with Crippen molar-refractivity contribution in [3.8, 4) is 28.6 Å². The van der Waals surface area contributed by atoms with Crippen molar-refractivity contribution in [1.82, 2.24) is 20.2 Å². The zero-order valence-electron chi connectivity index (χ0n) is 18.8. The highest BCUT2D eigenvalue weighted by atomic mass is 35.5. The van der Waals surface area contributed by atoms with Crippen LogP contribution in [0.3, 0.4) is 0 Å². The summed E-state index contributed by atoms with van der Waals surface area (Å²) in [4.78, 5) is 12.4. The number of halogens is 1. The van der Waals surface area contributed by atoms with Crippen molar-refractivity contribution >= 4 is 35.5 Å². The molecule has 0 saturated carbocycles. The summed E-state index contributed by atoms with van der Waals surface area (Å²) < 4.78 is 7.25. The van der Waals surface area contributed by atoms with E-state index in [2.05, 4.69) is 20.7 Å². The third-order valence-corrected chi connectivity index (χ3v) is 5.95. The standard InChI is InChI=1S/C25H22ClN5O3S/c1-2-34-22-14-17(8-13-21(22)32)15-27-28-23(33)16-35-25-30-29-24(18-9-11-19(26)12-10-18)31(25)20-6-4-3-5-7-20/h3-15,32H,2,16H2,1H3,(H,28,33)/b27-15-. The first-order valence-electron chi connectivity index (χ1n) is 10.7. The predicted octanol–water partition coefficient (Wildman–Crippen LogP) is 4.93. The fourth-order valence-corrected chi connectivity index (χ4v) is 4.05. The Morgan fingerprint density at radius 2 is 1.91 bits per heavy atom. The van der Waals surface area contributed by atoms with E-state index in [4.69, 9.17) is 16.3 Å². The van der Waals surface area contributed by atoms with Crippen LogP contribution < -0.4 is 10.2 Å². The molecule has 178 valence electrons. The van der Waals surface area contributed by atoms with Crippen LogP contribution in [0.5, 0.6) is 11.5 Å². The van der Waals surface area contributed by atoms with Gasteiger partial charge in [-0.25, -0.2) is 5.43 Å². The van der Waals surface area contributed by atoms with Crippen LogP contribution in [0.1, 0.15) is 12.5 Å². The molecule has 0 bridgehead atoms. The maximum absolute atomic E-state index is 12.4. The SMILES string of the molecule is CCOc1cc(/C=N\NC(=O)CSc2nnc(-c3ccc(Cl)cc3)n2-c2ccccc2)ccc1O. The van der Waals surface area contributed by atoms with Crippen molar-refractivity contribution in [2.24, 2.45) is 5.10 Å². The fourth-order valence-electron chi connectivity index (χ4n) is 3.18. The van der Waals surface area contributed by atoms with E-state index in [9.17, 15) is 9.90 Å². The van der Waals surface area contributed by atoms with E-state index >= 15 is 0 Å². The van der Waals surface area contributed by atoms with Crippen molar-refractivity contribution in [2.45, 2.75) is 12.1 Å². The number of thioether (sulfide) groups is 1. The highest BCUT2D eigenvalue weighted by molar-refractivity contribution is 7.99. The number of aromatic hydroxyl groups is 1. The Bertz CT molecular complexity index is 1330. The Morgan fingerprint density at radius 3 is 2.66 bits per heavy atom. The third-order valence-electron chi connectivity index (χ3n) is 4.77. The quantitative estimate of drug-likeness (QED) is 0.189. The molecular weight excluding hydrogens is 486 g/mol. The Balaban J connectivity index is 1.46. The maximum Gasteiger partial charge on any atom is 0.250 e. The Labute approximate surface area is 211 Å². The number of carbonyl (C=O) groups is 1. The molecule has 1 aromatic heterocycles. The Morgan fingerprint density at radius 1 is 1.14 bits per heavy atom. The summed E-state index contributed by atoms with van der Waals surface area (Å²) in [6.07, 6.45) is 1.48. The molecule has 0 radical (unpaired) electrons. The molecular formula is C25H22ClN5O3S. The van der Waals surface area contributed by atoms with Crippen LogP contribution in [0.2, 0.25) is 5.02 Å². The lowest BCUT2D eigenvalue weighted by atomic mass is 10.2. The minimum Gasteiger partial charge on any atom is -0.504 e. The predicted molar refractivity (Wildman–Crippen MR) is 138 cm³/mol. The van der Waals surface area contributed by atoms with E-state index in [0.29, 0.717) is 33.9 Å². The van der Waals surface area contributed by atoms with Gasteiger partial charge in [-0.1, -0.05) is 41.6 Å². The van der Waals surface area contributed by atoms with Crippen LogP contribution in [0.25, 0.3) is 17.1 Å². The summed E-state index contributed by atoms with van der Waals surface area (Å²) in [5, 5.41) is 23.7. The molecule has 8 nitrogen and oxygen atoms in total. The number of carbonyl (C=O) groups excluding carboxylic acids is 1. The Hall–Kier alpha value is -3.82. The van der Waals surface area contributed by atoms with Crippen LogP contribution in [-0.2, 0) is 4.79 Å². The summed E-state index contributed by atoms with van der Waals surface area (Å²) in [5.41, 5.74) is 4.91. The minimum atomic E-state index is -0.300. The van der Waals surface area contributed by atoms with Crippen LogP contribution in [0.4, 0.5) is 0 Å². The molecule has 1 heterocycles. The molecule has 0 fully saturated rings. The van der Waals surface area contributed by atoms with E-state index in [0.717, 1.165) is 11.3 Å². The smallest absolute Gasteiger partial charge is 0.250 e. The first-order chi connectivity index (χ1) is 17.0. The molecule has 1 amide bonds. The number of nitrogens with zero attached hydrogens (tertiary/aromatic N) is 4. The molecule has 10 heteroatoms. The minimum absolute atomic E-state index is 0.0462. The van der Waals surface area contributed by atoms with Gasteiger partial charge in [0, 0.05) is 16.3 Å². The van der Waals surface area contributed by atoms with Gasteiger partial charge in [-0.05, 0) is 67.1 Å². The number of rotatable bonds is 9. The van der Waals surface area contributed by atoms with E-state index < -0.39 is 0 Å². The van der Waals surface area contributed by atoms with E-state index in [-0.39, 0.29) is 17.4 Å². The largest absolute Gasteiger partial charge is 0.504 e. The monoisotopic (exact) mass is 507 g/mol. The van der Waals surface area contributed by atoms with Crippen LogP contribution in [0.15, 0.2) is 83.1 Å². The van der Waals surface area contributed by atoms with E-state index in [1.165, 1.54) is 24.0 Å². The first-order valence-corrected chi connectivity index (χ1v) is 12.1. The molecule has 0 atom stereocenters. The number of nitrogens with one attached hydrogen (secondary N) is 1. The molecule has 2 N–H and O–H groups in total. The lowest BCUT2D eigenvalue weighted by molar-refractivity contribution is -0.118. The summed E-state index contributed by atoms with van der Waals surface area (Å²) in [6.45, 7) is 2.25. The van der Waals surface area contributed by atoms with E-state index in [1.54, 1.807) is 24.3 Å². The van der Waals surface area contributed by atoms with Gasteiger partial charge in [-0.15, -0.1) is 10.2 Å². The molecule has 0 aliphatic heterocycles. The summed E-state index contributed by atoms with van der Waals surface area (Å²) >= 11 is 7.29. The fraction of sp³-hybridized carbons (Fsp3) is 0.120. The van der Waals surface area contributed by atoms with Gasteiger partial charge in [0.2, 0.25) is 0 Å². The highest BCUT2D eigenvalue weighted by Crippen LogP contribution is 2.29. The second-order valence-electron chi connectivity index (χ2n) is 7.23. The lowest BCUT2D eigenvalue weighted by Gasteiger charge is -2.10. The van der Waals surface area contributed by atoms with Gasteiger partial charge in [0.05, 0.1) is 18.6 Å². The van der Waals surface area contributed by atoms with Crippen molar-refractivity contribution in [2.75, 3.05) is 12.4 Å². The number of para-hydroxylation sites is 1. The van der Waals surface area contributed by atoms with Crippen LogP contribution >= 0.6 is 23.4 Å². The number of aromatic nitrogens is 3. The zero-order valence-corrected chi connectivity index (χ0v) is 20.3. The molecule has 0 spiro atoms. The normalized spacial score (nSPS) is 11.0. The lowest BCUT2D eigenvalue weighted by Crippen LogP contribution is -2.20. The number of phenolic OH excluding ortho intramolecular Hbond substituents is 1. The average molecular weight is 508 g/mol. The van der Waals surface area contributed by atoms with Crippen LogP contribution in [-0.4, -0.2) is 44.4 Å². The second-order valence-corrected chi connectivity index (χ2v) is 8.60. The van der Waals surface area contributed by atoms with Crippen molar-refractivity contribution < 1.29 is 14.6 Å². The van der Waals surface area contributed by atoms with Crippen LogP contribution in [0, 0.1) is 0 Å². The van der Waals surface area contributed by atoms with Gasteiger partial charge >= 0.3 is 0 Å². The number of hydrogen-bond acceptors (Lipinski definition) is 7. The highest BCUT2D eigenvalue weighted by Gasteiger charge is 2.17. The van der Waals surface area contributed by atoms with Crippen molar-refractivity contribution in [3.63, 3.8) is 0 Å². The second kappa shape index (κ2) is 11.5. The van der Waals surface area contributed by atoms with Gasteiger partial charge in [0.25, 0.3) is 5.91 Å². The number of phenols is 1. The summed E-state index contributed by atoms with van der Waals surface area (Å²) in [7, 11) is 0. The van der Waals surface area contributed by atoms with Gasteiger partial charge in [-0.3, -0.25) is 9.36 Å². The molecule has 0 saturated heterocycles. The third kappa shape index (κ3) is 6.20. The topological polar surface area (TPSA) is 102 Å². The first kappa shape index (κ1) is 24.3.